The van der Waals surface area contributed by atoms with Crippen molar-refractivity contribution in [2.24, 2.45) is 29.0 Å². The van der Waals surface area contributed by atoms with Crippen LogP contribution in [0.25, 0.3) is 0 Å². The summed E-state index contributed by atoms with van der Waals surface area (Å²) < 4.78 is 4.99. The molecule has 0 heterocycles. The normalized spacial score (nSPS) is 14.2. The maximum absolute atomic E-state index is 13.9. The molecule has 0 unspecified atom stereocenters. The van der Waals surface area contributed by atoms with Gasteiger partial charge in [0.25, 0.3) is 0 Å². The van der Waals surface area contributed by atoms with Crippen LogP contribution in [0.5, 0.6) is 5.75 Å². The average Bonchev–Trinajstić information content (AvgIpc) is 3.15. The number of carbonyl (C=O) groups is 8. The summed E-state index contributed by atoms with van der Waals surface area (Å²) in [7, 11) is 2.82. The summed E-state index contributed by atoms with van der Waals surface area (Å²) in [6.45, 7) is 6.89. The molecule has 0 saturated carbocycles. The van der Waals surface area contributed by atoms with Crippen molar-refractivity contribution in [2.75, 3.05) is 33.9 Å². The largest absolute Gasteiger partial charge is 0.508 e. The van der Waals surface area contributed by atoms with Gasteiger partial charge >= 0.3 is 5.97 Å². The Kier molecular flexibility index (Phi) is 22.6. The van der Waals surface area contributed by atoms with Gasteiger partial charge in [-0.3, -0.25) is 38.4 Å². The number of likely N-dealkylation sites (N-methyl/N-ethyl adjacent to an activating group) is 1. The van der Waals surface area contributed by atoms with Crippen LogP contribution in [0.2, 0.25) is 0 Å². The van der Waals surface area contributed by atoms with E-state index in [9.17, 15) is 43.5 Å². The fraction of sp³-hybridized carbons (Fsp3) is 0.632. The van der Waals surface area contributed by atoms with Gasteiger partial charge in [-0.2, -0.15) is 0 Å². The maximum atomic E-state index is 13.9. The second-order valence-corrected chi connectivity index (χ2v) is 14.8. The third-order valence-electron chi connectivity index (χ3n) is 9.11. The van der Waals surface area contributed by atoms with E-state index in [4.69, 9.17) is 27.0 Å². The predicted molar refractivity (Wildman–Crippen MR) is 212 cm³/mol. The number of carbonyl (C=O) groups excluding carboxylic acids is 7. The molecular formula is C38H63N9O11. The van der Waals surface area contributed by atoms with Crippen molar-refractivity contribution in [1.29, 1.82) is 0 Å². The van der Waals surface area contributed by atoms with E-state index in [1.165, 1.54) is 38.4 Å². The Hall–Kier alpha value is -5.34. The Balaban J connectivity index is 3.26. The summed E-state index contributed by atoms with van der Waals surface area (Å²) in [6, 6.07) is -1.45. The van der Waals surface area contributed by atoms with Crippen LogP contribution < -0.4 is 43.8 Å². The SMILES string of the molecule is COCC[C@H](NC(=O)[C@H](CC(C)C)N(C)C(=O)CNC(=O)[C@@H](NC(=O)[C@H](Cc1ccc(O)cc1)NC(=O)[C@H](CCCCN)NC(=O)[C@@H](N)CC(=O)O)C(C)C)C(N)=O. The van der Waals surface area contributed by atoms with Gasteiger partial charge in [-0.25, -0.2) is 0 Å². The molecule has 0 aliphatic carbocycles. The number of phenols is 1. The number of benzene rings is 1. The van der Waals surface area contributed by atoms with Crippen molar-refractivity contribution in [1.82, 2.24) is 31.5 Å². The standard InChI is InChI=1S/C38H63N9O11/c1-21(2)17-29(37(56)43-26(33(41)52)14-16-58-6)47(5)30(49)20-42-38(57)32(22(3)4)46-36(55)28(18-23-10-12-24(48)13-11-23)45-35(54)27(9-7-8-15-39)44-34(53)25(40)19-31(50)51/h10-13,21-22,25-29,32,48H,7-9,14-20,39-40H2,1-6H3,(H2,41,52)(H,42,57)(H,43,56)(H,44,53)(H,45,54)(H,46,55)(H,50,51)/t25-,26-,27-,28-,29-,32-/m0/s1. The minimum absolute atomic E-state index is 0.0426. The number of carboxylic acids is 1. The van der Waals surface area contributed by atoms with Gasteiger partial charge in [0, 0.05) is 27.2 Å². The number of hydrogen-bond donors (Lipinski definition) is 10. The monoisotopic (exact) mass is 821 g/mol. The van der Waals surface area contributed by atoms with Crippen molar-refractivity contribution in [3.8, 4) is 5.75 Å². The number of methoxy groups -OCH3 is 1. The summed E-state index contributed by atoms with van der Waals surface area (Å²) in [5.41, 5.74) is 17.3. The van der Waals surface area contributed by atoms with E-state index >= 15 is 0 Å². The van der Waals surface area contributed by atoms with E-state index in [2.05, 4.69) is 26.6 Å². The lowest BCUT2D eigenvalue weighted by Crippen LogP contribution is -2.59. The van der Waals surface area contributed by atoms with Gasteiger partial charge in [0.1, 0.15) is 36.0 Å². The van der Waals surface area contributed by atoms with E-state index in [-0.39, 0.29) is 44.0 Å². The Labute approximate surface area is 339 Å². The van der Waals surface area contributed by atoms with Gasteiger partial charge in [0.05, 0.1) is 19.0 Å². The fourth-order valence-corrected chi connectivity index (χ4v) is 5.71. The number of hydrogen-bond acceptors (Lipinski definition) is 12. The predicted octanol–water partition coefficient (Wildman–Crippen LogP) is -2.03. The number of ether oxygens (including phenoxy) is 1. The number of nitrogens with zero attached hydrogens (tertiary/aromatic N) is 1. The number of rotatable bonds is 27. The van der Waals surface area contributed by atoms with Crippen LogP contribution in [0.1, 0.15) is 71.8 Å². The highest BCUT2D eigenvalue weighted by molar-refractivity contribution is 5.97. The smallest absolute Gasteiger partial charge is 0.305 e. The van der Waals surface area contributed by atoms with Crippen molar-refractivity contribution >= 4 is 47.3 Å². The van der Waals surface area contributed by atoms with E-state index in [1.54, 1.807) is 13.8 Å². The molecule has 20 nitrogen and oxygen atoms in total. The van der Waals surface area contributed by atoms with Crippen LogP contribution in [0.4, 0.5) is 0 Å². The van der Waals surface area contributed by atoms with Crippen LogP contribution in [0.15, 0.2) is 24.3 Å². The third kappa shape index (κ3) is 18.3. The van der Waals surface area contributed by atoms with Crippen LogP contribution in [-0.2, 0) is 49.5 Å². The Bertz CT molecular complexity index is 1540. The molecule has 0 aromatic heterocycles. The topological polar surface area (TPSA) is 328 Å². The molecule has 20 heteroatoms. The molecule has 0 aliphatic rings. The zero-order valence-corrected chi connectivity index (χ0v) is 34.2. The summed E-state index contributed by atoms with van der Waals surface area (Å²) in [5, 5.41) is 31.7. The van der Waals surface area contributed by atoms with Gasteiger partial charge in [0.15, 0.2) is 0 Å². The van der Waals surface area contributed by atoms with Crippen LogP contribution in [0.3, 0.4) is 0 Å². The number of nitrogens with one attached hydrogen (secondary N) is 5. The first-order valence-corrected chi connectivity index (χ1v) is 19.2. The second-order valence-electron chi connectivity index (χ2n) is 14.8. The molecule has 7 amide bonds. The number of phenolic OH excluding ortho intramolecular Hbond substituents is 1. The van der Waals surface area contributed by atoms with Gasteiger partial charge in [-0.1, -0.05) is 39.8 Å². The molecule has 0 bridgehead atoms. The van der Waals surface area contributed by atoms with Gasteiger partial charge in [-0.05, 0) is 68.2 Å². The number of aromatic hydroxyl groups is 1. The Morgan fingerprint density at radius 2 is 1.38 bits per heavy atom. The first-order valence-electron chi connectivity index (χ1n) is 19.2. The lowest BCUT2D eigenvalue weighted by atomic mass is 10.00. The molecule has 0 spiro atoms. The molecule has 13 N–H and O–H groups in total. The molecule has 0 fully saturated rings. The highest BCUT2D eigenvalue weighted by atomic mass is 16.5. The van der Waals surface area contributed by atoms with E-state index in [0.29, 0.717) is 24.9 Å². The Morgan fingerprint density at radius 1 is 0.793 bits per heavy atom. The molecular weight excluding hydrogens is 758 g/mol. The molecule has 0 radical (unpaired) electrons. The number of unbranched alkanes of at least 4 members (excludes halogenated alkanes) is 1. The highest BCUT2D eigenvalue weighted by Gasteiger charge is 2.34. The summed E-state index contributed by atoms with van der Waals surface area (Å²) in [4.78, 5) is 105. The van der Waals surface area contributed by atoms with E-state index in [0.717, 1.165) is 4.90 Å². The molecule has 0 aliphatic heterocycles. The van der Waals surface area contributed by atoms with E-state index in [1.807, 2.05) is 13.8 Å². The minimum atomic E-state index is -1.45. The molecule has 1 aromatic rings. The Morgan fingerprint density at radius 3 is 1.91 bits per heavy atom. The fourth-order valence-electron chi connectivity index (χ4n) is 5.71. The van der Waals surface area contributed by atoms with Crippen molar-refractivity contribution < 1.29 is 53.3 Å². The van der Waals surface area contributed by atoms with Crippen molar-refractivity contribution in [3.63, 3.8) is 0 Å². The zero-order valence-electron chi connectivity index (χ0n) is 34.2. The number of carboxylic acid groups (broad SMARTS) is 1. The number of amides is 7. The molecule has 6 atom stereocenters. The molecule has 326 valence electrons. The van der Waals surface area contributed by atoms with Crippen LogP contribution in [-0.4, -0.2) is 133 Å². The maximum Gasteiger partial charge on any atom is 0.305 e. The molecule has 0 saturated heterocycles. The van der Waals surface area contributed by atoms with Gasteiger partial charge in [-0.15, -0.1) is 0 Å². The molecule has 58 heavy (non-hydrogen) atoms. The summed E-state index contributed by atoms with van der Waals surface area (Å²) in [5.74, 6) is -7.17. The lowest BCUT2D eigenvalue weighted by molar-refractivity contribution is -0.141. The first kappa shape index (κ1) is 50.7. The van der Waals surface area contributed by atoms with Crippen LogP contribution in [0, 0.1) is 11.8 Å². The lowest BCUT2D eigenvalue weighted by Gasteiger charge is -2.30. The number of aliphatic carboxylic acids is 1. The van der Waals surface area contributed by atoms with Gasteiger partial charge in [0.2, 0.25) is 41.4 Å². The van der Waals surface area contributed by atoms with E-state index < -0.39 is 102 Å². The first-order chi connectivity index (χ1) is 27.2. The highest BCUT2D eigenvalue weighted by Crippen LogP contribution is 2.14. The average molecular weight is 822 g/mol. The molecule has 1 aromatic carbocycles. The van der Waals surface area contributed by atoms with Crippen molar-refractivity contribution in [3.05, 3.63) is 29.8 Å². The summed E-state index contributed by atoms with van der Waals surface area (Å²) >= 11 is 0. The third-order valence-corrected chi connectivity index (χ3v) is 9.11. The quantitative estimate of drug-likeness (QED) is 0.0429. The molecule has 1 rings (SSSR count). The van der Waals surface area contributed by atoms with Gasteiger partial charge < -0.3 is 63.6 Å². The zero-order chi connectivity index (χ0) is 44.1. The number of nitrogens with two attached hydrogens (primary N) is 3. The number of primary amides is 1. The second kappa shape index (κ2) is 25.8. The van der Waals surface area contributed by atoms with Crippen molar-refractivity contribution in [2.45, 2.75) is 109 Å². The minimum Gasteiger partial charge on any atom is -0.508 e. The van der Waals surface area contributed by atoms with Crippen LogP contribution >= 0.6 is 0 Å². The summed E-state index contributed by atoms with van der Waals surface area (Å²) in [6.07, 6.45) is 0.526.